The van der Waals surface area contributed by atoms with E-state index < -0.39 is 26.1 Å². The second kappa shape index (κ2) is 10.8. The lowest BCUT2D eigenvalue weighted by atomic mass is 9.99. The first kappa shape index (κ1) is 26.9. The molecule has 1 heterocycles. The number of nitrogens with zero attached hydrogens (tertiary/aromatic N) is 1. The van der Waals surface area contributed by atoms with E-state index in [0.29, 0.717) is 29.3 Å². The van der Waals surface area contributed by atoms with E-state index in [-0.39, 0.29) is 9.79 Å². The number of hydrogen-bond donors (Lipinski definition) is 1. The van der Waals surface area contributed by atoms with E-state index >= 15 is 0 Å². The molecular weight excluding hydrogens is 528 g/mol. The quantitative estimate of drug-likeness (QED) is 0.235. The molecule has 0 saturated heterocycles. The Morgan fingerprint density at radius 1 is 0.692 bits per heavy atom. The molecule has 0 amide bonds. The fourth-order valence-corrected chi connectivity index (χ4v) is 7.31. The third kappa shape index (κ3) is 5.68. The number of nitrogens with one attached hydrogen (secondary N) is 1. The predicted octanol–water partition coefficient (Wildman–Crippen LogP) is 6.15. The number of sulfonamides is 1. The first-order valence-electron chi connectivity index (χ1n) is 12.7. The van der Waals surface area contributed by atoms with Gasteiger partial charge in [-0.25, -0.2) is 25.5 Å². The summed E-state index contributed by atoms with van der Waals surface area (Å²) in [6.07, 6.45) is 2.60. The molecule has 200 valence electrons. The van der Waals surface area contributed by atoms with E-state index in [1.165, 1.54) is 3.97 Å². The van der Waals surface area contributed by atoms with Crippen molar-refractivity contribution in [3.63, 3.8) is 0 Å². The molecule has 1 atom stereocenters. The Kier molecular flexibility index (Phi) is 7.44. The van der Waals surface area contributed by atoms with E-state index in [1.807, 2.05) is 56.3 Å². The summed E-state index contributed by atoms with van der Waals surface area (Å²) in [6, 6.07) is 29.7. The summed E-state index contributed by atoms with van der Waals surface area (Å²) >= 11 is 0. The van der Waals surface area contributed by atoms with Gasteiger partial charge < -0.3 is 0 Å². The van der Waals surface area contributed by atoms with Gasteiger partial charge >= 0.3 is 0 Å². The van der Waals surface area contributed by atoms with Crippen molar-refractivity contribution in [2.24, 2.45) is 0 Å². The topological polar surface area (TPSA) is 85.2 Å². The maximum absolute atomic E-state index is 13.7. The minimum atomic E-state index is -3.92. The number of para-hydroxylation sites is 1. The van der Waals surface area contributed by atoms with Crippen LogP contribution in [0.15, 0.2) is 119 Å². The van der Waals surface area contributed by atoms with Gasteiger partial charge in [-0.3, -0.25) is 0 Å². The van der Waals surface area contributed by atoms with E-state index in [1.54, 1.807) is 66.9 Å². The fourth-order valence-electron chi connectivity index (χ4n) is 4.68. The zero-order valence-electron chi connectivity index (χ0n) is 21.8. The minimum Gasteiger partial charge on any atom is -0.241 e. The van der Waals surface area contributed by atoms with E-state index in [0.717, 1.165) is 16.7 Å². The molecule has 1 unspecified atom stereocenters. The molecule has 39 heavy (non-hydrogen) atoms. The van der Waals surface area contributed by atoms with Gasteiger partial charge in [0.2, 0.25) is 10.0 Å². The lowest BCUT2D eigenvalue weighted by Gasteiger charge is -2.19. The molecule has 0 saturated carbocycles. The average molecular weight is 559 g/mol. The van der Waals surface area contributed by atoms with Crippen molar-refractivity contribution in [2.45, 2.75) is 42.5 Å². The second-order valence-electron chi connectivity index (χ2n) is 9.73. The molecule has 0 spiro atoms. The van der Waals surface area contributed by atoms with Crippen molar-refractivity contribution in [2.75, 3.05) is 0 Å². The number of hydrogen-bond acceptors (Lipinski definition) is 4. The van der Waals surface area contributed by atoms with Crippen LogP contribution in [-0.2, 0) is 26.5 Å². The fraction of sp³-hybridized carbons (Fsp3) is 0.161. The molecule has 1 aromatic heterocycles. The van der Waals surface area contributed by atoms with E-state index in [9.17, 15) is 16.8 Å². The molecule has 0 aliphatic carbocycles. The van der Waals surface area contributed by atoms with Crippen LogP contribution in [0.2, 0.25) is 0 Å². The Hall–Kier alpha value is -3.72. The van der Waals surface area contributed by atoms with Gasteiger partial charge in [-0.15, -0.1) is 0 Å². The molecular formula is C31H30N2O4S2. The summed E-state index contributed by atoms with van der Waals surface area (Å²) in [4.78, 5) is 0.329. The highest BCUT2D eigenvalue weighted by Gasteiger charge is 2.27. The Bertz CT molecular complexity index is 1810. The molecule has 0 aliphatic heterocycles. The van der Waals surface area contributed by atoms with Crippen LogP contribution in [0.25, 0.3) is 10.9 Å². The van der Waals surface area contributed by atoms with Gasteiger partial charge in [0.1, 0.15) is 0 Å². The number of benzene rings is 4. The first-order chi connectivity index (χ1) is 18.6. The lowest BCUT2D eigenvalue weighted by Crippen LogP contribution is -2.29. The van der Waals surface area contributed by atoms with Crippen molar-refractivity contribution in [1.29, 1.82) is 0 Å². The van der Waals surface area contributed by atoms with Crippen molar-refractivity contribution in [1.82, 2.24) is 8.69 Å². The number of rotatable bonds is 9. The molecule has 0 radical (unpaired) electrons. The van der Waals surface area contributed by atoms with Gasteiger partial charge in [-0.05, 0) is 68.1 Å². The van der Waals surface area contributed by atoms with Crippen LogP contribution >= 0.6 is 0 Å². The monoisotopic (exact) mass is 558 g/mol. The summed E-state index contributed by atoms with van der Waals surface area (Å²) in [7, 11) is -7.81. The van der Waals surface area contributed by atoms with Gasteiger partial charge in [-0.1, -0.05) is 83.9 Å². The third-order valence-corrected chi connectivity index (χ3v) is 10.0. The van der Waals surface area contributed by atoms with Gasteiger partial charge in [-0.2, -0.15) is 0 Å². The summed E-state index contributed by atoms with van der Waals surface area (Å²) < 4.78 is 58.6. The third-order valence-electron chi connectivity index (χ3n) is 6.86. The molecule has 0 fully saturated rings. The first-order valence-corrected chi connectivity index (χ1v) is 15.6. The predicted molar refractivity (Wildman–Crippen MR) is 155 cm³/mol. The highest BCUT2D eigenvalue weighted by Crippen LogP contribution is 2.33. The molecule has 1 N–H and O–H groups in total. The average Bonchev–Trinajstić information content (AvgIpc) is 3.33. The molecule has 4 aromatic carbocycles. The normalized spacial score (nSPS) is 13.0. The van der Waals surface area contributed by atoms with Gasteiger partial charge in [0, 0.05) is 17.6 Å². The maximum Gasteiger partial charge on any atom is 0.268 e. The van der Waals surface area contributed by atoms with E-state index in [2.05, 4.69) is 4.72 Å². The molecule has 5 aromatic rings. The number of fused-ring (bicyclic) bond motifs is 1. The molecule has 0 bridgehead atoms. The zero-order valence-corrected chi connectivity index (χ0v) is 23.4. The largest absolute Gasteiger partial charge is 0.268 e. The standard InChI is InChI=1S/C31H30N2O4S2/c1-23-12-17-26(18-13-23)38(34,35)32-30(21-16-25-8-4-3-5-9-25)29-22-33(31-11-7-6-10-28(29)31)39(36,37)27-19-14-24(2)15-20-27/h3-15,17-20,22,30,32H,16,21H2,1-2H3. The van der Waals surface area contributed by atoms with Crippen molar-refractivity contribution < 1.29 is 16.8 Å². The highest BCUT2D eigenvalue weighted by atomic mass is 32.2. The van der Waals surface area contributed by atoms with Gasteiger partial charge in [0.25, 0.3) is 10.0 Å². The molecule has 8 heteroatoms. The maximum atomic E-state index is 13.7. The van der Waals surface area contributed by atoms with Crippen LogP contribution in [0, 0.1) is 13.8 Å². The van der Waals surface area contributed by atoms with Gasteiger partial charge in [0.05, 0.1) is 15.3 Å². The van der Waals surface area contributed by atoms with Crippen molar-refractivity contribution in [3.8, 4) is 0 Å². The van der Waals surface area contributed by atoms with E-state index in [4.69, 9.17) is 0 Å². The van der Waals surface area contributed by atoms with Crippen molar-refractivity contribution >= 4 is 30.9 Å². The lowest BCUT2D eigenvalue weighted by molar-refractivity contribution is 0.541. The Morgan fingerprint density at radius 3 is 1.90 bits per heavy atom. The van der Waals surface area contributed by atoms with Crippen LogP contribution in [0.4, 0.5) is 0 Å². The zero-order chi connectivity index (χ0) is 27.6. The molecule has 5 rings (SSSR count). The summed E-state index contributed by atoms with van der Waals surface area (Å²) in [5, 5.41) is 0.679. The highest BCUT2D eigenvalue weighted by molar-refractivity contribution is 7.90. The van der Waals surface area contributed by atoms with Crippen molar-refractivity contribution in [3.05, 3.63) is 132 Å². The van der Waals surface area contributed by atoms with Crippen LogP contribution in [0.1, 0.15) is 34.7 Å². The van der Waals surface area contributed by atoms with Crippen LogP contribution < -0.4 is 4.72 Å². The number of aryl methyl sites for hydroxylation is 3. The Labute approximate surface area is 230 Å². The summed E-state index contributed by atoms with van der Waals surface area (Å²) in [5.74, 6) is 0. The van der Waals surface area contributed by atoms with Crippen LogP contribution in [-0.4, -0.2) is 20.8 Å². The van der Waals surface area contributed by atoms with Crippen LogP contribution in [0.3, 0.4) is 0 Å². The second-order valence-corrected chi connectivity index (χ2v) is 13.3. The number of aromatic nitrogens is 1. The smallest absolute Gasteiger partial charge is 0.241 e. The van der Waals surface area contributed by atoms with Gasteiger partial charge in [0.15, 0.2) is 0 Å². The molecule has 6 nitrogen and oxygen atoms in total. The summed E-state index contributed by atoms with van der Waals surface area (Å²) in [6.45, 7) is 3.80. The molecule has 0 aliphatic rings. The SMILES string of the molecule is Cc1ccc(S(=O)(=O)NC(CCc2ccccc2)c2cn(S(=O)(=O)c3ccc(C)cc3)c3ccccc23)cc1. The minimum absolute atomic E-state index is 0.161. The Balaban J connectivity index is 1.61. The van der Waals surface area contributed by atoms with Crippen LogP contribution in [0.5, 0.6) is 0 Å². The Morgan fingerprint density at radius 2 is 1.26 bits per heavy atom. The summed E-state index contributed by atoms with van der Waals surface area (Å²) in [5.41, 5.74) is 4.07.